The van der Waals surface area contributed by atoms with Crippen molar-refractivity contribution in [2.24, 2.45) is 5.73 Å². The Hall–Kier alpha value is -0.930. The van der Waals surface area contributed by atoms with Crippen LogP contribution in [0.15, 0.2) is 0 Å². The van der Waals surface area contributed by atoms with Gasteiger partial charge >= 0.3 is 0 Å². The number of amides is 3. The molecule has 0 aromatic rings. The van der Waals surface area contributed by atoms with Crippen molar-refractivity contribution < 1.29 is 14.4 Å². The zero-order chi connectivity index (χ0) is 13.5. The smallest absolute Gasteiger partial charge is 0.243 e. The molecule has 102 valence electrons. The normalized spacial score (nSPS) is 26.6. The molecule has 1 rings (SSSR count). The number of carbonyl (C=O) groups is 3. The van der Waals surface area contributed by atoms with Gasteiger partial charge in [0, 0.05) is 18.6 Å². The van der Waals surface area contributed by atoms with Gasteiger partial charge < -0.3 is 21.7 Å². The van der Waals surface area contributed by atoms with Gasteiger partial charge in [-0.2, -0.15) is 0 Å². The number of rotatable bonds is 1. The number of hydrogen-bond acceptors (Lipinski definition) is 6. The maximum atomic E-state index is 11.5. The number of hydrogen-bond donors (Lipinski definition) is 4. The third-order valence-electron chi connectivity index (χ3n) is 2.22. The number of carbonyl (C=O) groups excluding carboxylic acids is 3. The number of nitrogens with two attached hydrogens (primary N) is 1. The molecule has 9 heteroatoms. The Bertz CT molecular complexity index is 340. The van der Waals surface area contributed by atoms with Gasteiger partial charge in [0.1, 0.15) is 6.04 Å². The fourth-order valence-electron chi connectivity index (χ4n) is 1.21. The quantitative estimate of drug-likeness (QED) is 0.418. The Kier molecular flexibility index (Phi) is 6.30. The lowest BCUT2D eigenvalue weighted by molar-refractivity contribution is -0.129. The molecular weight excluding hydrogens is 276 g/mol. The molecule has 18 heavy (non-hydrogen) atoms. The molecule has 1 unspecified atom stereocenters. The molecule has 7 nitrogen and oxygen atoms in total. The zero-order valence-electron chi connectivity index (χ0n) is 9.89. The molecule has 1 saturated heterocycles. The van der Waals surface area contributed by atoms with E-state index < -0.39 is 18.0 Å². The Morgan fingerprint density at radius 2 is 2.06 bits per heavy atom. The number of nitrogens with one attached hydrogen (secondary N) is 3. The second kappa shape index (κ2) is 7.49. The maximum absolute atomic E-state index is 11.5. The summed E-state index contributed by atoms with van der Waals surface area (Å²) in [6.45, 7) is -0.171. The van der Waals surface area contributed by atoms with Gasteiger partial charge in [0.25, 0.3) is 0 Å². The van der Waals surface area contributed by atoms with Gasteiger partial charge in [-0.1, -0.05) is 21.6 Å². The van der Waals surface area contributed by atoms with Crippen LogP contribution in [0.1, 0.15) is 0 Å². The highest BCUT2D eigenvalue weighted by Gasteiger charge is 2.22. The summed E-state index contributed by atoms with van der Waals surface area (Å²) in [5.41, 5.74) is 5.63. The van der Waals surface area contributed by atoms with Crippen molar-refractivity contribution in [2.75, 3.05) is 25.1 Å². The molecule has 0 aromatic heterocycles. The van der Waals surface area contributed by atoms with Crippen molar-refractivity contribution in [3.05, 3.63) is 0 Å². The maximum Gasteiger partial charge on any atom is 0.243 e. The summed E-state index contributed by atoms with van der Waals surface area (Å²) in [7, 11) is 4.32. The third kappa shape index (κ3) is 4.75. The minimum Gasteiger partial charge on any atom is -0.357 e. The molecule has 0 bridgehead atoms. The van der Waals surface area contributed by atoms with Crippen LogP contribution >= 0.6 is 21.6 Å². The summed E-state index contributed by atoms with van der Waals surface area (Å²) < 4.78 is 0. The highest BCUT2D eigenvalue weighted by molar-refractivity contribution is 8.76. The van der Waals surface area contributed by atoms with Crippen molar-refractivity contribution >= 4 is 39.3 Å². The van der Waals surface area contributed by atoms with E-state index in [1.807, 2.05) is 0 Å². The van der Waals surface area contributed by atoms with Crippen molar-refractivity contribution in [1.29, 1.82) is 0 Å². The molecule has 0 saturated carbocycles. The third-order valence-corrected chi connectivity index (χ3v) is 4.67. The fourth-order valence-corrected chi connectivity index (χ4v) is 3.50. The predicted octanol–water partition coefficient (Wildman–Crippen LogP) is -1.94. The molecule has 0 aromatic carbocycles. The van der Waals surface area contributed by atoms with Crippen LogP contribution in [-0.4, -0.2) is 54.9 Å². The van der Waals surface area contributed by atoms with Gasteiger partial charge in [0.2, 0.25) is 17.7 Å². The minimum atomic E-state index is -0.646. The van der Waals surface area contributed by atoms with Gasteiger partial charge in [0.15, 0.2) is 0 Å². The summed E-state index contributed by atoms with van der Waals surface area (Å²) >= 11 is 0. The summed E-state index contributed by atoms with van der Waals surface area (Å²) in [6.07, 6.45) is 0. The van der Waals surface area contributed by atoms with Crippen LogP contribution in [0.3, 0.4) is 0 Å². The van der Waals surface area contributed by atoms with Crippen molar-refractivity contribution in [3.8, 4) is 0 Å². The van der Waals surface area contributed by atoms with Crippen LogP contribution in [0, 0.1) is 0 Å². The Morgan fingerprint density at radius 1 is 1.39 bits per heavy atom. The topological polar surface area (TPSA) is 113 Å². The summed E-state index contributed by atoms with van der Waals surface area (Å²) in [6, 6.07) is -1.25. The summed E-state index contributed by atoms with van der Waals surface area (Å²) in [5.74, 6) is -0.165. The average molecular weight is 292 g/mol. The summed E-state index contributed by atoms with van der Waals surface area (Å²) in [5, 5.41) is 7.47. The van der Waals surface area contributed by atoms with E-state index in [9.17, 15) is 14.4 Å². The molecule has 3 amide bonds. The molecule has 1 aliphatic heterocycles. The van der Waals surface area contributed by atoms with E-state index in [0.717, 1.165) is 0 Å². The highest BCUT2D eigenvalue weighted by Crippen LogP contribution is 2.22. The van der Waals surface area contributed by atoms with Crippen molar-refractivity contribution in [3.63, 3.8) is 0 Å². The van der Waals surface area contributed by atoms with Crippen molar-refractivity contribution in [1.82, 2.24) is 16.0 Å². The molecule has 1 fully saturated rings. The second-order valence-electron chi connectivity index (χ2n) is 3.63. The predicted molar refractivity (Wildman–Crippen MR) is 71.9 cm³/mol. The van der Waals surface area contributed by atoms with E-state index in [1.54, 1.807) is 0 Å². The van der Waals surface area contributed by atoms with Crippen molar-refractivity contribution in [2.45, 2.75) is 12.1 Å². The van der Waals surface area contributed by atoms with Crippen LogP contribution in [0.5, 0.6) is 0 Å². The number of likely N-dealkylation sites (N-methyl/N-ethyl adjacent to an activating group) is 1. The first-order valence-electron chi connectivity index (χ1n) is 5.33. The van der Waals surface area contributed by atoms with Gasteiger partial charge in [-0.05, 0) is 0 Å². The second-order valence-corrected chi connectivity index (χ2v) is 6.18. The summed E-state index contributed by atoms with van der Waals surface area (Å²) in [4.78, 5) is 34.5. The first-order chi connectivity index (χ1) is 8.54. The van der Waals surface area contributed by atoms with E-state index in [1.165, 1.54) is 28.6 Å². The van der Waals surface area contributed by atoms with E-state index >= 15 is 0 Å². The molecule has 0 aliphatic carbocycles. The van der Waals surface area contributed by atoms with Crippen LogP contribution < -0.4 is 21.7 Å². The molecule has 0 spiro atoms. The van der Waals surface area contributed by atoms with Crippen LogP contribution in [0.2, 0.25) is 0 Å². The molecule has 2 atom stereocenters. The van der Waals surface area contributed by atoms with E-state index in [2.05, 4.69) is 16.0 Å². The molecule has 1 aliphatic rings. The molecule has 0 radical (unpaired) electrons. The van der Waals surface area contributed by atoms with Gasteiger partial charge in [-0.15, -0.1) is 0 Å². The van der Waals surface area contributed by atoms with Gasteiger partial charge in [-0.3, -0.25) is 14.4 Å². The van der Waals surface area contributed by atoms with E-state index in [0.29, 0.717) is 11.5 Å². The Balaban J connectivity index is 2.65. The largest absolute Gasteiger partial charge is 0.357 e. The zero-order valence-corrected chi connectivity index (χ0v) is 11.5. The lowest BCUT2D eigenvalue weighted by Crippen LogP contribution is -2.51. The lowest BCUT2D eigenvalue weighted by atomic mass is 10.3. The Labute approximate surface area is 113 Å². The average Bonchev–Trinajstić information content (AvgIpc) is 2.39. The first kappa shape index (κ1) is 15.1. The first-order valence-corrected chi connectivity index (χ1v) is 7.82. The lowest BCUT2D eigenvalue weighted by Gasteiger charge is -2.15. The van der Waals surface area contributed by atoms with Crippen LogP contribution in [-0.2, 0) is 14.4 Å². The fraction of sp³-hybridized carbons (Fsp3) is 0.667. The SMILES string of the molecule is CNC(=O)[C@@H]1CSSCC(N)C(=O)NCC(=O)N1. The standard InChI is InChI=1S/C9H16N4O3S2/c1-11-9(16)6-4-18-17-3-5(10)8(15)12-2-7(14)13-6/h5-6H,2-4,10H2,1H3,(H,11,16)(H,12,15)(H,13,14)/t5?,6-/m0/s1. The van der Waals surface area contributed by atoms with Crippen LogP contribution in [0.25, 0.3) is 0 Å². The monoisotopic (exact) mass is 292 g/mol. The highest BCUT2D eigenvalue weighted by atomic mass is 33.1. The minimum absolute atomic E-state index is 0.171. The van der Waals surface area contributed by atoms with Crippen LogP contribution in [0.4, 0.5) is 0 Å². The molecule has 5 N–H and O–H groups in total. The molecule has 1 heterocycles. The molecular formula is C9H16N4O3S2. The van der Waals surface area contributed by atoms with E-state index in [4.69, 9.17) is 5.73 Å². The van der Waals surface area contributed by atoms with Gasteiger partial charge in [0.05, 0.1) is 12.6 Å². The van der Waals surface area contributed by atoms with Gasteiger partial charge in [-0.25, -0.2) is 0 Å². The Morgan fingerprint density at radius 3 is 2.72 bits per heavy atom. The van der Waals surface area contributed by atoms with E-state index in [-0.39, 0.29) is 18.4 Å².